The average Bonchev–Trinajstić information content (AvgIpc) is 2.88. The predicted octanol–water partition coefficient (Wildman–Crippen LogP) is 0.660. The number of halogens is 1. The fourth-order valence-electron chi connectivity index (χ4n) is 1.50. The van der Waals surface area contributed by atoms with Crippen molar-refractivity contribution in [3.63, 3.8) is 0 Å². The average molecular weight is 294 g/mol. The Bertz CT molecular complexity index is 760. The molecule has 0 unspecified atom stereocenters. The fraction of sp³-hybridized carbons (Fsp3) is 0.0833. The lowest BCUT2D eigenvalue weighted by Gasteiger charge is -2.08. The summed E-state index contributed by atoms with van der Waals surface area (Å²) in [6, 6.07) is 3.25. The molecule has 0 atom stereocenters. The van der Waals surface area contributed by atoms with E-state index in [0.717, 1.165) is 18.2 Å². The third kappa shape index (κ3) is 3.14. The molecule has 2 rings (SSSR count). The van der Waals surface area contributed by atoms with Gasteiger partial charge in [0, 0.05) is 11.8 Å². The van der Waals surface area contributed by atoms with Crippen molar-refractivity contribution in [1.29, 1.82) is 0 Å². The Morgan fingerprint density at radius 1 is 1.45 bits per heavy atom. The highest BCUT2D eigenvalue weighted by molar-refractivity contribution is 7.92. The van der Waals surface area contributed by atoms with Crippen molar-refractivity contribution >= 4 is 15.7 Å². The van der Waals surface area contributed by atoms with E-state index in [4.69, 9.17) is 5.73 Å². The van der Waals surface area contributed by atoms with Crippen LogP contribution in [0, 0.1) is 17.7 Å². The number of anilines is 1. The van der Waals surface area contributed by atoms with Crippen molar-refractivity contribution in [2.45, 2.75) is 4.90 Å². The van der Waals surface area contributed by atoms with Crippen molar-refractivity contribution in [2.75, 3.05) is 11.3 Å². The first-order valence-electron chi connectivity index (χ1n) is 5.53. The lowest BCUT2D eigenvalue weighted by Crippen LogP contribution is -2.14. The van der Waals surface area contributed by atoms with Crippen LogP contribution in [0.15, 0.2) is 35.5 Å². The van der Waals surface area contributed by atoms with Crippen LogP contribution in [-0.4, -0.2) is 25.2 Å². The molecule has 0 radical (unpaired) electrons. The lowest BCUT2D eigenvalue weighted by molar-refractivity contribution is 0.599. The normalized spacial score (nSPS) is 10.7. The predicted molar refractivity (Wildman–Crippen MR) is 71.7 cm³/mol. The first kappa shape index (κ1) is 14.0. The summed E-state index contributed by atoms with van der Waals surface area (Å²) in [7, 11) is -3.88. The highest BCUT2D eigenvalue weighted by atomic mass is 32.2. The summed E-state index contributed by atoms with van der Waals surface area (Å²) < 4.78 is 40.0. The van der Waals surface area contributed by atoms with Crippen LogP contribution in [0.5, 0.6) is 0 Å². The molecule has 104 valence electrons. The Hall–Kier alpha value is -2.37. The Morgan fingerprint density at radius 2 is 2.25 bits per heavy atom. The van der Waals surface area contributed by atoms with Crippen LogP contribution in [0.2, 0.25) is 0 Å². The van der Waals surface area contributed by atoms with E-state index in [9.17, 15) is 12.8 Å². The molecule has 0 saturated heterocycles. The minimum atomic E-state index is -3.88. The number of hydrogen-bond acceptors (Lipinski definition) is 4. The minimum absolute atomic E-state index is 0.0468. The lowest BCUT2D eigenvalue weighted by atomic mass is 10.2. The Kier molecular flexibility index (Phi) is 4.02. The molecular weight excluding hydrogens is 283 g/mol. The monoisotopic (exact) mass is 294 g/mol. The summed E-state index contributed by atoms with van der Waals surface area (Å²) in [5.41, 5.74) is 5.56. The molecule has 0 fully saturated rings. The minimum Gasteiger partial charge on any atom is -0.320 e. The zero-order valence-electron chi connectivity index (χ0n) is 10.2. The van der Waals surface area contributed by atoms with E-state index in [1.165, 1.54) is 12.4 Å². The first-order valence-corrected chi connectivity index (χ1v) is 7.01. The molecule has 0 aliphatic carbocycles. The van der Waals surface area contributed by atoms with Gasteiger partial charge in [-0.25, -0.2) is 12.8 Å². The summed E-state index contributed by atoms with van der Waals surface area (Å²) in [6.07, 6.45) is 2.69. The second-order valence-electron chi connectivity index (χ2n) is 3.74. The van der Waals surface area contributed by atoms with Gasteiger partial charge < -0.3 is 5.73 Å². The maximum Gasteiger partial charge on any atom is 0.263 e. The van der Waals surface area contributed by atoms with Gasteiger partial charge in [0.05, 0.1) is 18.4 Å². The number of benzene rings is 1. The summed E-state index contributed by atoms with van der Waals surface area (Å²) in [4.78, 5) is -0.124. The van der Waals surface area contributed by atoms with Gasteiger partial charge in [-0.1, -0.05) is 11.8 Å². The summed E-state index contributed by atoms with van der Waals surface area (Å²) in [5, 5.41) is 6.11. The zero-order valence-corrected chi connectivity index (χ0v) is 11.0. The molecule has 8 heteroatoms. The number of nitrogens with one attached hydrogen (secondary N) is 2. The second-order valence-corrected chi connectivity index (χ2v) is 5.39. The van der Waals surface area contributed by atoms with E-state index in [1.807, 2.05) is 0 Å². The second kappa shape index (κ2) is 5.73. The maximum atomic E-state index is 13.2. The molecule has 20 heavy (non-hydrogen) atoms. The Labute approximate surface area is 115 Å². The fourth-order valence-corrected chi connectivity index (χ4v) is 2.68. The van der Waals surface area contributed by atoms with E-state index in [-0.39, 0.29) is 22.7 Å². The van der Waals surface area contributed by atoms with E-state index in [2.05, 4.69) is 26.8 Å². The third-order valence-electron chi connectivity index (χ3n) is 2.31. The van der Waals surface area contributed by atoms with Gasteiger partial charge in [0.25, 0.3) is 10.0 Å². The van der Waals surface area contributed by atoms with E-state index in [0.29, 0.717) is 0 Å². The number of aromatic nitrogens is 2. The van der Waals surface area contributed by atoms with Crippen LogP contribution in [0.1, 0.15) is 5.56 Å². The number of nitrogens with zero attached hydrogens (tertiary/aromatic N) is 1. The van der Waals surface area contributed by atoms with Crippen LogP contribution in [0.4, 0.5) is 10.1 Å². The summed E-state index contributed by atoms with van der Waals surface area (Å²) >= 11 is 0. The molecule has 0 aliphatic rings. The molecule has 2 aromatic rings. The summed E-state index contributed by atoms with van der Waals surface area (Å²) in [6.45, 7) is 0.0468. The van der Waals surface area contributed by atoms with Crippen molar-refractivity contribution < 1.29 is 12.8 Å². The van der Waals surface area contributed by atoms with Gasteiger partial charge >= 0.3 is 0 Å². The van der Waals surface area contributed by atoms with Crippen LogP contribution >= 0.6 is 0 Å². The van der Waals surface area contributed by atoms with Crippen molar-refractivity contribution in [3.05, 3.63) is 42.0 Å². The van der Waals surface area contributed by atoms with Crippen LogP contribution in [0.3, 0.4) is 0 Å². The van der Waals surface area contributed by atoms with Gasteiger partial charge in [0.1, 0.15) is 10.7 Å². The smallest absolute Gasteiger partial charge is 0.263 e. The van der Waals surface area contributed by atoms with Gasteiger partial charge in [-0.05, 0) is 18.2 Å². The van der Waals surface area contributed by atoms with Crippen LogP contribution in [-0.2, 0) is 10.0 Å². The van der Waals surface area contributed by atoms with Crippen molar-refractivity contribution in [3.8, 4) is 11.8 Å². The quantitative estimate of drug-likeness (QED) is 0.724. The number of sulfonamides is 1. The Morgan fingerprint density at radius 3 is 2.90 bits per heavy atom. The molecule has 6 nitrogen and oxygen atoms in total. The number of H-pyrrole nitrogens is 1. The molecule has 0 amide bonds. The molecule has 0 aliphatic heterocycles. The summed E-state index contributed by atoms with van der Waals surface area (Å²) in [5.74, 6) is 4.47. The highest BCUT2D eigenvalue weighted by Gasteiger charge is 2.19. The van der Waals surface area contributed by atoms with Crippen LogP contribution in [0.25, 0.3) is 0 Å². The Balaban J connectivity index is 2.45. The molecular formula is C12H11FN4O2S. The molecule has 1 aromatic heterocycles. The topological polar surface area (TPSA) is 101 Å². The molecule has 0 saturated carbocycles. The van der Waals surface area contributed by atoms with Crippen molar-refractivity contribution in [1.82, 2.24) is 10.2 Å². The molecule has 0 bridgehead atoms. The van der Waals surface area contributed by atoms with Gasteiger partial charge in [-0.3, -0.25) is 9.82 Å². The zero-order chi connectivity index (χ0) is 14.6. The van der Waals surface area contributed by atoms with Crippen molar-refractivity contribution in [2.24, 2.45) is 5.73 Å². The third-order valence-corrected chi connectivity index (χ3v) is 3.75. The van der Waals surface area contributed by atoms with Gasteiger partial charge in [-0.15, -0.1) is 0 Å². The number of rotatable bonds is 3. The molecule has 1 heterocycles. The van der Waals surface area contributed by atoms with Gasteiger partial charge in [0.15, 0.2) is 0 Å². The molecule has 1 aromatic carbocycles. The SMILES string of the molecule is NCC#Cc1cc(F)ccc1S(=O)(=O)Nc1cn[nH]c1. The number of nitrogens with two attached hydrogens (primary N) is 1. The van der Waals surface area contributed by atoms with E-state index < -0.39 is 15.8 Å². The van der Waals surface area contributed by atoms with E-state index in [1.54, 1.807) is 0 Å². The number of aromatic amines is 1. The molecule has 4 N–H and O–H groups in total. The standard InChI is InChI=1S/C12H11FN4O2S/c13-10-3-4-12(9(6-10)2-1-5-14)20(18,19)17-11-7-15-16-8-11/h3-4,6-8,17H,5,14H2,(H,15,16). The van der Waals surface area contributed by atoms with Gasteiger partial charge in [-0.2, -0.15) is 5.10 Å². The number of hydrogen-bond donors (Lipinski definition) is 3. The molecule has 0 spiro atoms. The first-order chi connectivity index (χ1) is 9.53. The van der Waals surface area contributed by atoms with Crippen LogP contribution < -0.4 is 10.5 Å². The van der Waals surface area contributed by atoms with Gasteiger partial charge in [0.2, 0.25) is 0 Å². The highest BCUT2D eigenvalue weighted by Crippen LogP contribution is 2.19. The maximum absolute atomic E-state index is 13.2. The largest absolute Gasteiger partial charge is 0.320 e. The van der Waals surface area contributed by atoms with E-state index >= 15 is 0 Å².